The average Bonchev–Trinajstić information content (AvgIpc) is 2.86. The van der Waals surface area contributed by atoms with Crippen molar-refractivity contribution < 1.29 is 60.4 Å². The molecule has 0 aromatic carbocycles. The summed E-state index contributed by atoms with van der Waals surface area (Å²) in [7, 11) is 1.61. The number of methoxy groups -OCH3 is 1. The second-order valence-electron chi connectivity index (χ2n) is 8.61. The fourth-order valence-corrected chi connectivity index (χ4v) is 3.65. The summed E-state index contributed by atoms with van der Waals surface area (Å²) in [6.45, 7) is 4.91. The van der Waals surface area contributed by atoms with Gasteiger partial charge in [-0.15, -0.1) is 0 Å². The highest BCUT2D eigenvalue weighted by Gasteiger charge is 2.48. The van der Waals surface area contributed by atoms with Gasteiger partial charge in [-0.25, -0.2) is 19.6 Å². The van der Waals surface area contributed by atoms with Crippen LogP contribution in [-0.4, -0.2) is 88.0 Å². The number of ether oxygens (including phenoxy) is 3. The van der Waals surface area contributed by atoms with Gasteiger partial charge in [-0.05, 0) is 25.5 Å². The third-order valence-electron chi connectivity index (χ3n) is 5.46. The fourth-order valence-electron chi connectivity index (χ4n) is 3.65. The van der Waals surface area contributed by atoms with E-state index in [-0.39, 0.29) is 11.7 Å². The number of aromatic nitrogens is 3. The Labute approximate surface area is 223 Å². The van der Waals surface area contributed by atoms with Crippen LogP contribution in [-0.2, 0) is 25.7 Å². The summed E-state index contributed by atoms with van der Waals surface area (Å²) in [5, 5.41) is 14.2. The number of pyridine rings is 1. The quantitative estimate of drug-likeness (QED) is 0.499. The van der Waals surface area contributed by atoms with Gasteiger partial charge in [-0.1, -0.05) is 6.07 Å². The first-order chi connectivity index (χ1) is 18.5. The van der Waals surface area contributed by atoms with Crippen molar-refractivity contribution in [1.29, 1.82) is 0 Å². The number of rotatable bonds is 5. The molecule has 2 aromatic rings. The van der Waals surface area contributed by atoms with Crippen LogP contribution in [0.3, 0.4) is 0 Å². The topological polar surface area (TPSA) is 144 Å². The standard InChI is InChI=1S/C19H24N4O3.2C2HF3O2/c1-14-4-3-5-15(22-14)10-25-16-6-7-26-19(9-16)11-23(12-19)17-8-18(24-2)21-13-20-17;2*3-2(4,5)1(6)7/h3-5,8,13,16H,6-7,9-12H2,1-2H3;2*(H,6,7). The molecule has 2 fully saturated rings. The lowest BCUT2D eigenvalue weighted by Crippen LogP contribution is -2.66. The van der Waals surface area contributed by atoms with Crippen LogP contribution in [0.1, 0.15) is 24.2 Å². The SMILES string of the molecule is COc1cc(N2CC3(CC(OCc4cccc(C)n4)CCO3)C2)ncn1.O=C(O)C(F)(F)F.O=C(O)C(F)(F)F. The maximum absolute atomic E-state index is 10.6. The second kappa shape index (κ2) is 13.6. The van der Waals surface area contributed by atoms with Crippen molar-refractivity contribution in [1.82, 2.24) is 15.0 Å². The number of carboxylic acid groups (broad SMARTS) is 2. The first kappa shape index (κ1) is 32.5. The molecule has 2 saturated heterocycles. The van der Waals surface area contributed by atoms with Crippen LogP contribution in [0, 0.1) is 6.92 Å². The molecule has 4 rings (SSSR count). The van der Waals surface area contributed by atoms with E-state index < -0.39 is 24.3 Å². The van der Waals surface area contributed by atoms with Crippen molar-refractivity contribution in [3.63, 3.8) is 0 Å². The van der Waals surface area contributed by atoms with Gasteiger partial charge in [0.2, 0.25) is 5.88 Å². The number of carboxylic acids is 2. The molecule has 0 bridgehead atoms. The molecule has 2 aliphatic heterocycles. The minimum atomic E-state index is -5.08. The van der Waals surface area contributed by atoms with Crippen LogP contribution in [0.2, 0.25) is 0 Å². The number of hydrogen-bond acceptors (Lipinski definition) is 9. The zero-order valence-corrected chi connectivity index (χ0v) is 21.2. The number of anilines is 1. The van der Waals surface area contributed by atoms with Crippen molar-refractivity contribution in [2.24, 2.45) is 0 Å². The summed E-state index contributed by atoms with van der Waals surface area (Å²) in [4.78, 5) is 32.9. The first-order valence-corrected chi connectivity index (χ1v) is 11.4. The van der Waals surface area contributed by atoms with Gasteiger partial charge in [-0.2, -0.15) is 26.3 Å². The number of hydrogen-bond donors (Lipinski definition) is 2. The molecule has 2 N–H and O–H groups in total. The second-order valence-corrected chi connectivity index (χ2v) is 8.61. The molecule has 0 amide bonds. The predicted molar refractivity (Wildman–Crippen MR) is 124 cm³/mol. The van der Waals surface area contributed by atoms with Crippen molar-refractivity contribution in [2.45, 2.75) is 50.4 Å². The monoisotopic (exact) mass is 584 g/mol. The van der Waals surface area contributed by atoms with Gasteiger partial charge in [-0.3, -0.25) is 4.98 Å². The lowest BCUT2D eigenvalue weighted by atomic mass is 9.84. The summed E-state index contributed by atoms with van der Waals surface area (Å²) < 4.78 is 80.9. The van der Waals surface area contributed by atoms with Crippen LogP contribution >= 0.6 is 0 Å². The number of carbonyl (C=O) groups is 2. The van der Waals surface area contributed by atoms with Crippen molar-refractivity contribution in [2.75, 3.05) is 31.7 Å². The molecular weight excluding hydrogens is 558 g/mol. The highest BCUT2D eigenvalue weighted by molar-refractivity contribution is 5.73. The molecule has 40 heavy (non-hydrogen) atoms. The summed E-state index contributed by atoms with van der Waals surface area (Å²) >= 11 is 0. The lowest BCUT2D eigenvalue weighted by Gasteiger charge is -2.53. The Morgan fingerprint density at radius 1 is 1.10 bits per heavy atom. The summed E-state index contributed by atoms with van der Waals surface area (Å²) in [5.74, 6) is -4.06. The largest absolute Gasteiger partial charge is 0.490 e. The van der Waals surface area contributed by atoms with E-state index >= 15 is 0 Å². The Kier molecular flexibility index (Phi) is 11.0. The number of halogens is 6. The van der Waals surface area contributed by atoms with Gasteiger partial charge in [0.25, 0.3) is 0 Å². The van der Waals surface area contributed by atoms with Crippen molar-refractivity contribution in [3.8, 4) is 5.88 Å². The van der Waals surface area contributed by atoms with Gasteiger partial charge in [0.05, 0.1) is 38.6 Å². The first-order valence-electron chi connectivity index (χ1n) is 11.4. The van der Waals surface area contributed by atoms with E-state index in [2.05, 4.69) is 19.9 Å². The van der Waals surface area contributed by atoms with Crippen molar-refractivity contribution >= 4 is 17.8 Å². The molecule has 0 radical (unpaired) electrons. The van der Waals surface area contributed by atoms with E-state index in [0.717, 1.165) is 49.7 Å². The molecule has 2 aromatic heterocycles. The van der Waals surface area contributed by atoms with E-state index in [1.807, 2.05) is 31.2 Å². The fraction of sp³-hybridized carbons (Fsp3) is 0.522. The van der Waals surface area contributed by atoms with E-state index in [4.69, 9.17) is 34.0 Å². The Morgan fingerprint density at radius 2 is 1.70 bits per heavy atom. The Hall–Kier alpha value is -3.73. The smallest absolute Gasteiger partial charge is 0.481 e. The van der Waals surface area contributed by atoms with Gasteiger partial charge in [0.1, 0.15) is 17.7 Å². The molecule has 17 heteroatoms. The zero-order valence-electron chi connectivity index (χ0n) is 21.2. The van der Waals surface area contributed by atoms with Crippen LogP contribution in [0.25, 0.3) is 0 Å². The summed E-state index contributed by atoms with van der Waals surface area (Å²) in [5.41, 5.74) is 1.86. The van der Waals surface area contributed by atoms with E-state index in [1.165, 1.54) is 6.33 Å². The zero-order chi connectivity index (χ0) is 30.1. The molecule has 2 aliphatic rings. The minimum Gasteiger partial charge on any atom is -0.481 e. The van der Waals surface area contributed by atoms with Crippen LogP contribution in [0.15, 0.2) is 30.6 Å². The molecule has 0 saturated carbocycles. The Balaban J connectivity index is 0.000000333. The summed E-state index contributed by atoms with van der Waals surface area (Å²) in [6, 6.07) is 7.88. The molecule has 222 valence electrons. The van der Waals surface area contributed by atoms with Gasteiger partial charge in [0.15, 0.2) is 0 Å². The minimum absolute atomic E-state index is 0.138. The number of alkyl halides is 6. The third-order valence-corrected chi connectivity index (χ3v) is 5.46. The average molecular weight is 584 g/mol. The van der Waals surface area contributed by atoms with Crippen LogP contribution in [0.5, 0.6) is 5.88 Å². The van der Waals surface area contributed by atoms with E-state index in [9.17, 15) is 26.3 Å². The molecule has 4 heterocycles. The third kappa shape index (κ3) is 10.1. The number of aliphatic carboxylic acids is 2. The Bertz CT molecular complexity index is 1120. The number of nitrogens with zero attached hydrogens (tertiary/aromatic N) is 4. The maximum atomic E-state index is 10.6. The number of aryl methyl sites for hydroxylation is 1. The van der Waals surface area contributed by atoms with E-state index in [1.54, 1.807) is 7.11 Å². The van der Waals surface area contributed by atoms with Gasteiger partial charge < -0.3 is 29.3 Å². The maximum Gasteiger partial charge on any atom is 0.490 e. The summed E-state index contributed by atoms with van der Waals surface area (Å²) in [6.07, 6.45) is -6.61. The molecule has 0 aliphatic carbocycles. The highest BCUT2D eigenvalue weighted by atomic mass is 19.4. The predicted octanol–water partition coefficient (Wildman–Crippen LogP) is 3.41. The molecule has 1 unspecified atom stereocenters. The normalized spacial score (nSPS) is 17.9. The van der Waals surface area contributed by atoms with Crippen LogP contribution < -0.4 is 9.64 Å². The molecule has 1 atom stereocenters. The van der Waals surface area contributed by atoms with Crippen LogP contribution in [0.4, 0.5) is 32.2 Å². The van der Waals surface area contributed by atoms with Gasteiger partial charge >= 0.3 is 24.3 Å². The Morgan fingerprint density at radius 3 is 2.23 bits per heavy atom. The van der Waals surface area contributed by atoms with E-state index in [0.29, 0.717) is 12.5 Å². The highest BCUT2D eigenvalue weighted by Crippen LogP contribution is 2.37. The molecule has 1 spiro atoms. The molecule has 11 nitrogen and oxygen atoms in total. The van der Waals surface area contributed by atoms with Crippen molar-refractivity contribution in [3.05, 3.63) is 42.0 Å². The lowest BCUT2D eigenvalue weighted by molar-refractivity contribution is -0.193. The molecular formula is C23H26F6N4O7. The van der Waals surface area contributed by atoms with Gasteiger partial charge in [0, 0.05) is 24.8 Å².